The monoisotopic (exact) mass is 435 g/mol. The number of halogens is 1. The average Bonchev–Trinajstić information content (AvgIpc) is 3.31. The number of fused-ring (bicyclic) bond motifs is 1. The molecule has 0 spiro atoms. The molecular formula is C24H38ClN3O2. The molecule has 168 valence electrons. The average molecular weight is 436 g/mol. The predicted molar refractivity (Wildman–Crippen MR) is 118 cm³/mol. The standard InChI is InChI=1S/C24H37N3O2.ClH/c28-22(26-6-3-19-14-25-15-20(19)4-7-26)21-2-1-5-27(21)23(29)24-11-16-8-17(12-24)10-18(9-16)13-24;/h16-21,25H,1-15H2;1H/t16?,17?,18?,19-,20+,21?,24?;. The third-order valence-corrected chi connectivity index (χ3v) is 9.62. The molecule has 4 bridgehead atoms. The quantitative estimate of drug-likeness (QED) is 0.725. The number of nitrogens with zero attached hydrogens (tertiary/aromatic N) is 2. The molecule has 7 aliphatic rings. The second-order valence-corrected chi connectivity index (χ2v) is 11.4. The van der Waals surface area contributed by atoms with E-state index in [-0.39, 0.29) is 29.8 Å². The molecule has 0 aromatic carbocycles. The van der Waals surface area contributed by atoms with E-state index in [1.807, 2.05) is 0 Å². The van der Waals surface area contributed by atoms with Gasteiger partial charge in [-0.2, -0.15) is 0 Å². The van der Waals surface area contributed by atoms with E-state index in [4.69, 9.17) is 0 Å². The van der Waals surface area contributed by atoms with Gasteiger partial charge in [0.2, 0.25) is 11.8 Å². The third-order valence-electron chi connectivity index (χ3n) is 9.62. The van der Waals surface area contributed by atoms with E-state index < -0.39 is 0 Å². The molecule has 3 atom stereocenters. The fourth-order valence-corrected chi connectivity index (χ4v) is 8.59. The maximum atomic E-state index is 13.9. The molecular weight excluding hydrogens is 398 g/mol. The minimum Gasteiger partial charge on any atom is -0.341 e. The van der Waals surface area contributed by atoms with Gasteiger partial charge in [0, 0.05) is 19.6 Å². The SMILES string of the molecule is Cl.O=C(C1CCCN1C(=O)C12CC3CC(CC(C3)C1)C2)N1CC[C@@H]2CNC[C@@H]2CC1. The Morgan fingerprint density at radius 1 is 0.800 bits per heavy atom. The molecule has 30 heavy (non-hydrogen) atoms. The lowest BCUT2D eigenvalue weighted by molar-refractivity contribution is -0.162. The fraction of sp³-hybridized carbons (Fsp3) is 0.917. The number of amides is 2. The highest BCUT2D eigenvalue weighted by molar-refractivity contribution is 5.91. The molecule has 1 unspecified atom stereocenters. The van der Waals surface area contributed by atoms with E-state index in [0.29, 0.717) is 5.91 Å². The van der Waals surface area contributed by atoms with E-state index in [9.17, 15) is 9.59 Å². The summed E-state index contributed by atoms with van der Waals surface area (Å²) < 4.78 is 0. The van der Waals surface area contributed by atoms with Crippen molar-refractivity contribution in [3.05, 3.63) is 0 Å². The zero-order chi connectivity index (χ0) is 19.6. The largest absolute Gasteiger partial charge is 0.341 e. The fourth-order valence-electron chi connectivity index (χ4n) is 8.59. The van der Waals surface area contributed by atoms with Crippen molar-refractivity contribution in [3.63, 3.8) is 0 Å². The molecule has 3 saturated heterocycles. The minimum atomic E-state index is -0.174. The van der Waals surface area contributed by atoms with E-state index in [2.05, 4.69) is 15.1 Å². The Balaban J connectivity index is 0.00000193. The summed E-state index contributed by atoms with van der Waals surface area (Å²) in [5.74, 6) is 4.43. The van der Waals surface area contributed by atoms with Gasteiger partial charge in [-0.05, 0) is 107 Å². The first-order valence-electron chi connectivity index (χ1n) is 12.4. The first-order valence-corrected chi connectivity index (χ1v) is 12.4. The van der Waals surface area contributed by atoms with Gasteiger partial charge in [-0.15, -0.1) is 12.4 Å². The topological polar surface area (TPSA) is 52.7 Å². The molecule has 7 fully saturated rings. The number of carbonyl (C=O) groups is 2. The predicted octanol–water partition coefficient (Wildman–Crippen LogP) is 3.07. The highest BCUT2D eigenvalue weighted by Gasteiger charge is 2.57. The number of nitrogens with one attached hydrogen (secondary N) is 1. The first kappa shape index (κ1) is 21.1. The van der Waals surface area contributed by atoms with Gasteiger partial charge < -0.3 is 15.1 Å². The first-order chi connectivity index (χ1) is 14.1. The van der Waals surface area contributed by atoms with Crippen molar-refractivity contribution in [2.45, 2.75) is 70.3 Å². The van der Waals surface area contributed by atoms with Crippen molar-refractivity contribution in [1.82, 2.24) is 15.1 Å². The normalized spacial score (nSPS) is 44.5. The lowest BCUT2D eigenvalue weighted by atomic mass is 9.49. The Morgan fingerprint density at radius 2 is 1.37 bits per heavy atom. The molecule has 5 nitrogen and oxygen atoms in total. The van der Waals surface area contributed by atoms with E-state index in [1.165, 1.54) is 19.3 Å². The molecule has 4 saturated carbocycles. The molecule has 0 radical (unpaired) electrons. The zero-order valence-corrected chi connectivity index (χ0v) is 19.0. The van der Waals surface area contributed by atoms with Crippen LogP contribution in [0.4, 0.5) is 0 Å². The molecule has 1 N–H and O–H groups in total. The third kappa shape index (κ3) is 3.39. The van der Waals surface area contributed by atoms with Crippen LogP contribution in [0.15, 0.2) is 0 Å². The van der Waals surface area contributed by atoms with Crippen LogP contribution in [-0.4, -0.2) is 60.4 Å². The van der Waals surface area contributed by atoms with Crippen LogP contribution in [0.25, 0.3) is 0 Å². The van der Waals surface area contributed by atoms with Crippen LogP contribution in [0.5, 0.6) is 0 Å². The zero-order valence-electron chi connectivity index (χ0n) is 18.2. The van der Waals surface area contributed by atoms with Crippen molar-refractivity contribution in [2.75, 3.05) is 32.7 Å². The van der Waals surface area contributed by atoms with Crippen LogP contribution in [-0.2, 0) is 9.59 Å². The Bertz CT molecular complexity index is 649. The molecule has 6 heteroatoms. The van der Waals surface area contributed by atoms with Gasteiger partial charge >= 0.3 is 0 Å². The second kappa shape index (κ2) is 7.95. The molecule has 2 amide bonds. The highest BCUT2D eigenvalue weighted by atomic mass is 35.5. The summed E-state index contributed by atoms with van der Waals surface area (Å²) in [6.07, 6.45) is 11.5. The number of likely N-dealkylation sites (tertiary alicyclic amines) is 2. The van der Waals surface area contributed by atoms with Crippen molar-refractivity contribution in [2.24, 2.45) is 35.0 Å². The maximum Gasteiger partial charge on any atom is 0.245 e. The Labute approximate surface area is 187 Å². The van der Waals surface area contributed by atoms with Gasteiger partial charge in [-0.25, -0.2) is 0 Å². The number of carbonyl (C=O) groups excluding carboxylic acids is 2. The molecule has 4 aliphatic carbocycles. The van der Waals surface area contributed by atoms with Crippen LogP contribution in [0.1, 0.15) is 64.2 Å². The van der Waals surface area contributed by atoms with Gasteiger partial charge in [0.05, 0.1) is 5.41 Å². The van der Waals surface area contributed by atoms with E-state index >= 15 is 0 Å². The number of hydrogen-bond donors (Lipinski definition) is 1. The van der Waals surface area contributed by atoms with Crippen molar-refractivity contribution < 1.29 is 9.59 Å². The molecule has 0 aromatic rings. The van der Waals surface area contributed by atoms with Gasteiger partial charge in [-0.1, -0.05) is 0 Å². The van der Waals surface area contributed by atoms with E-state index in [0.717, 1.165) is 107 Å². The molecule has 3 aliphatic heterocycles. The van der Waals surface area contributed by atoms with Gasteiger partial charge in [0.25, 0.3) is 0 Å². The molecule has 3 heterocycles. The Hall–Kier alpha value is -0.810. The van der Waals surface area contributed by atoms with Crippen molar-refractivity contribution in [1.29, 1.82) is 0 Å². The summed E-state index contributed by atoms with van der Waals surface area (Å²) in [6, 6.07) is -0.174. The van der Waals surface area contributed by atoms with E-state index in [1.54, 1.807) is 0 Å². The minimum absolute atomic E-state index is 0. The summed E-state index contributed by atoms with van der Waals surface area (Å²) in [7, 11) is 0. The van der Waals surface area contributed by atoms with Gasteiger partial charge in [0.1, 0.15) is 6.04 Å². The van der Waals surface area contributed by atoms with Gasteiger partial charge in [-0.3, -0.25) is 9.59 Å². The number of hydrogen-bond acceptors (Lipinski definition) is 3. The smallest absolute Gasteiger partial charge is 0.245 e. The molecule has 0 aromatic heterocycles. The maximum absolute atomic E-state index is 13.9. The van der Waals surface area contributed by atoms with Crippen molar-refractivity contribution >= 4 is 24.2 Å². The number of rotatable bonds is 2. The second-order valence-electron chi connectivity index (χ2n) is 11.4. The van der Waals surface area contributed by atoms with Gasteiger partial charge in [0.15, 0.2) is 0 Å². The lowest BCUT2D eigenvalue weighted by Crippen LogP contribution is -2.57. The van der Waals surface area contributed by atoms with Crippen LogP contribution in [0, 0.1) is 35.0 Å². The highest BCUT2D eigenvalue weighted by Crippen LogP contribution is 2.60. The van der Waals surface area contributed by atoms with Crippen LogP contribution < -0.4 is 5.32 Å². The van der Waals surface area contributed by atoms with Crippen LogP contribution in [0.2, 0.25) is 0 Å². The summed E-state index contributed by atoms with van der Waals surface area (Å²) in [5, 5.41) is 3.52. The lowest BCUT2D eigenvalue weighted by Gasteiger charge is -2.56. The Kier molecular flexibility index (Phi) is 5.58. The van der Waals surface area contributed by atoms with Crippen LogP contribution in [0.3, 0.4) is 0 Å². The summed E-state index contributed by atoms with van der Waals surface area (Å²) in [4.78, 5) is 31.6. The van der Waals surface area contributed by atoms with Crippen LogP contribution >= 0.6 is 12.4 Å². The Morgan fingerprint density at radius 3 is 1.93 bits per heavy atom. The summed E-state index contributed by atoms with van der Waals surface area (Å²) >= 11 is 0. The summed E-state index contributed by atoms with van der Waals surface area (Å²) in [5.41, 5.74) is -0.112. The molecule has 7 rings (SSSR count). The summed E-state index contributed by atoms with van der Waals surface area (Å²) in [6.45, 7) is 4.81. The van der Waals surface area contributed by atoms with Crippen molar-refractivity contribution in [3.8, 4) is 0 Å².